The van der Waals surface area contributed by atoms with Crippen molar-refractivity contribution in [3.05, 3.63) is 66.5 Å². The number of halogens is 1. The summed E-state index contributed by atoms with van der Waals surface area (Å²) in [6.45, 7) is 6.02. The summed E-state index contributed by atoms with van der Waals surface area (Å²) in [7, 11) is 0. The molecule has 3 heterocycles. The van der Waals surface area contributed by atoms with Crippen molar-refractivity contribution in [2.24, 2.45) is 0 Å². The number of rotatable bonds is 5. The van der Waals surface area contributed by atoms with Crippen LogP contribution >= 0.6 is 0 Å². The molecule has 1 amide bonds. The molecule has 8 nitrogen and oxygen atoms in total. The third kappa shape index (κ3) is 5.13. The summed E-state index contributed by atoms with van der Waals surface area (Å²) in [4.78, 5) is 27.6. The third-order valence-electron chi connectivity index (χ3n) is 4.80. The van der Waals surface area contributed by atoms with E-state index in [0.717, 1.165) is 0 Å². The lowest BCUT2D eigenvalue weighted by Crippen LogP contribution is -2.49. The molecule has 2 aromatic heterocycles. The first-order chi connectivity index (χ1) is 14.9. The number of benzene rings is 1. The molecule has 1 aromatic carbocycles. The first-order valence-electron chi connectivity index (χ1n) is 9.88. The highest BCUT2D eigenvalue weighted by atomic mass is 19.1. The fourth-order valence-electron chi connectivity index (χ4n) is 3.28. The molecule has 0 spiro atoms. The number of hydrogen-bond donors (Lipinski definition) is 2. The largest absolute Gasteiger partial charge is 0.372 e. The van der Waals surface area contributed by atoms with Crippen LogP contribution in [0.5, 0.6) is 0 Å². The van der Waals surface area contributed by atoms with E-state index < -0.39 is 0 Å². The van der Waals surface area contributed by atoms with Crippen LogP contribution in [0.15, 0.2) is 55.1 Å². The monoisotopic (exact) mass is 422 g/mol. The molecule has 160 valence electrons. The van der Waals surface area contributed by atoms with E-state index in [9.17, 15) is 9.18 Å². The van der Waals surface area contributed by atoms with Crippen molar-refractivity contribution in [1.82, 2.24) is 15.0 Å². The van der Waals surface area contributed by atoms with Crippen molar-refractivity contribution in [1.29, 1.82) is 0 Å². The van der Waals surface area contributed by atoms with Crippen molar-refractivity contribution < 1.29 is 13.9 Å². The number of anilines is 4. The zero-order valence-corrected chi connectivity index (χ0v) is 17.3. The number of ether oxygens (including phenoxy) is 1. The van der Waals surface area contributed by atoms with Crippen LogP contribution in [0.3, 0.4) is 0 Å². The maximum absolute atomic E-state index is 13.1. The Labute approximate surface area is 179 Å². The SMILES string of the molecule is CC1(C)CN(c2ncc(C(=O)Nc3ccncc3Nc3ccc(F)cc3)cn2)CCO1. The quantitative estimate of drug-likeness (QED) is 0.649. The Morgan fingerprint density at radius 3 is 2.55 bits per heavy atom. The highest BCUT2D eigenvalue weighted by Crippen LogP contribution is 2.25. The summed E-state index contributed by atoms with van der Waals surface area (Å²) >= 11 is 0. The van der Waals surface area contributed by atoms with Gasteiger partial charge in [0, 0.05) is 37.4 Å². The Bertz CT molecular complexity index is 1060. The van der Waals surface area contributed by atoms with Crippen LogP contribution in [0.25, 0.3) is 0 Å². The highest BCUT2D eigenvalue weighted by Gasteiger charge is 2.28. The van der Waals surface area contributed by atoms with Gasteiger partial charge in [0.15, 0.2) is 0 Å². The van der Waals surface area contributed by atoms with Crippen LogP contribution in [0.2, 0.25) is 0 Å². The summed E-state index contributed by atoms with van der Waals surface area (Å²) < 4.78 is 18.8. The number of nitrogens with zero attached hydrogens (tertiary/aromatic N) is 4. The number of nitrogens with one attached hydrogen (secondary N) is 2. The molecule has 1 saturated heterocycles. The second-order valence-corrected chi connectivity index (χ2v) is 7.81. The number of aromatic nitrogens is 3. The van der Waals surface area contributed by atoms with Crippen molar-refractivity contribution in [3.8, 4) is 0 Å². The van der Waals surface area contributed by atoms with E-state index >= 15 is 0 Å². The van der Waals surface area contributed by atoms with Gasteiger partial charge >= 0.3 is 0 Å². The molecule has 0 bridgehead atoms. The molecule has 31 heavy (non-hydrogen) atoms. The number of morpholine rings is 1. The summed E-state index contributed by atoms with van der Waals surface area (Å²) in [5, 5.41) is 5.96. The van der Waals surface area contributed by atoms with Crippen LogP contribution in [0.1, 0.15) is 24.2 Å². The third-order valence-corrected chi connectivity index (χ3v) is 4.80. The van der Waals surface area contributed by atoms with Crippen LogP contribution in [-0.4, -0.2) is 46.2 Å². The predicted octanol–water partition coefficient (Wildman–Crippen LogP) is 3.62. The predicted molar refractivity (Wildman–Crippen MR) is 116 cm³/mol. The molecule has 0 aliphatic carbocycles. The number of hydrogen-bond acceptors (Lipinski definition) is 7. The van der Waals surface area contributed by atoms with Gasteiger partial charge in [0.25, 0.3) is 5.91 Å². The molecule has 1 aliphatic heterocycles. The molecule has 9 heteroatoms. The Hall–Kier alpha value is -3.59. The Kier molecular flexibility index (Phi) is 5.77. The molecule has 0 saturated carbocycles. The van der Waals surface area contributed by atoms with Crippen LogP contribution in [-0.2, 0) is 4.74 Å². The summed E-state index contributed by atoms with van der Waals surface area (Å²) in [6, 6.07) is 7.59. The maximum Gasteiger partial charge on any atom is 0.258 e. The Morgan fingerprint density at radius 2 is 1.84 bits per heavy atom. The van der Waals surface area contributed by atoms with Gasteiger partial charge in [0.1, 0.15) is 5.82 Å². The summed E-state index contributed by atoms with van der Waals surface area (Å²) in [5.41, 5.74) is 1.85. The first-order valence-corrected chi connectivity index (χ1v) is 9.88. The normalized spacial score (nSPS) is 15.4. The van der Waals surface area contributed by atoms with Gasteiger partial charge in [-0.05, 0) is 44.2 Å². The van der Waals surface area contributed by atoms with Crippen molar-refractivity contribution in [2.45, 2.75) is 19.4 Å². The maximum atomic E-state index is 13.1. The highest BCUT2D eigenvalue weighted by molar-refractivity contribution is 6.05. The van der Waals surface area contributed by atoms with Gasteiger partial charge in [-0.25, -0.2) is 14.4 Å². The number of carbonyl (C=O) groups excluding carboxylic acids is 1. The molecule has 4 rings (SSSR count). The van der Waals surface area contributed by atoms with Crippen LogP contribution in [0, 0.1) is 5.82 Å². The van der Waals surface area contributed by atoms with Crippen molar-refractivity contribution in [3.63, 3.8) is 0 Å². The summed E-state index contributed by atoms with van der Waals surface area (Å²) in [6.07, 6.45) is 6.17. The van der Waals surface area contributed by atoms with E-state index in [4.69, 9.17) is 4.74 Å². The van der Waals surface area contributed by atoms with Crippen LogP contribution in [0.4, 0.5) is 27.4 Å². The lowest BCUT2D eigenvalue weighted by Gasteiger charge is -2.38. The average molecular weight is 422 g/mol. The fourth-order valence-corrected chi connectivity index (χ4v) is 3.28. The molecule has 0 atom stereocenters. The molecule has 3 aromatic rings. The lowest BCUT2D eigenvalue weighted by atomic mass is 10.1. The Morgan fingerprint density at radius 1 is 1.10 bits per heavy atom. The second-order valence-electron chi connectivity index (χ2n) is 7.81. The molecule has 0 radical (unpaired) electrons. The topological polar surface area (TPSA) is 92.3 Å². The standard InChI is InChI=1S/C22H23FN6O2/c1-22(2)14-29(9-10-31-22)21-25-11-15(12-26-21)20(30)28-18-7-8-24-13-19(18)27-17-5-3-16(23)4-6-17/h3-8,11-13,27H,9-10,14H2,1-2H3,(H,24,28,30). The van der Waals surface area contributed by atoms with Gasteiger partial charge in [0.05, 0.1) is 35.3 Å². The first kappa shape index (κ1) is 20.7. The van der Waals surface area contributed by atoms with Crippen molar-refractivity contribution in [2.75, 3.05) is 35.2 Å². The lowest BCUT2D eigenvalue weighted by molar-refractivity contribution is -0.0281. The molecule has 2 N–H and O–H groups in total. The van der Waals surface area contributed by atoms with Gasteiger partial charge in [-0.1, -0.05) is 0 Å². The molecule has 1 aliphatic rings. The minimum atomic E-state index is -0.345. The molecule has 0 unspecified atom stereocenters. The van der Waals surface area contributed by atoms with E-state index in [2.05, 4.69) is 25.6 Å². The number of carbonyl (C=O) groups is 1. The van der Waals surface area contributed by atoms with E-state index in [1.807, 2.05) is 18.7 Å². The van der Waals surface area contributed by atoms with Gasteiger partial charge in [-0.15, -0.1) is 0 Å². The van der Waals surface area contributed by atoms with Gasteiger partial charge in [-0.3, -0.25) is 9.78 Å². The van der Waals surface area contributed by atoms with E-state index in [1.54, 1.807) is 30.6 Å². The van der Waals surface area contributed by atoms with Crippen molar-refractivity contribution >= 4 is 28.9 Å². The Balaban J connectivity index is 1.45. The molecular formula is C22H23FN6O2. The minimum Gasteiger partial charge on any atom is -0.372 e. The van der Waals surface area contributed by atoms with Gasteiger partial charge < -0.3 is 20.3 Å². The van der Waals surface area contributed by atoms with E-state index in [-0.39, 0.29) is 17.3 Å². The second kappa shape index (κ2) is 8.65. The minimum absolute atomic E-state index is 0.271. The zero-order valence-electron chi connectivity index (χ0n) is 17.3. The number of amides is 1. The fraction of sp³-hybridized carbons (Fsp3) is 0.273. The van der Waals surface area contributed by atoms with E-state index in [1.165, 1.54) is 24.5 Å². The molecular weight excluding hydrogens is 399 g/mol. The van der Waals surface area contributed by atoms with Crippen LogP contribution < -0.4 is 15.5 Å². The smallest absolute Gasteiger partial charge is 0.258 e. The van der Waals surface area contributed by atoms with E-state index in [0.29, 0.717) is 48.3 Å². The average Bonchev–Trinajstić information content (AvgIpc) is 2.76. The molecule has 1 fully saturated rings. The number of pyridine rings is 1. The summed E-state index contributed by atoms with van der Waals surface area (Å²) in [5.74, 6) is -0.105. The van der Waals surface area contributed by atoms with Gasteiger partial charge in [-0.2, -0.15) is 0 Å². The van der Waals surface area contributed by atoms with Gasteiger partial charge in [0.2, 0.25) is 5.95 Å². The zero-order chi connectivity index (χ0) is 21.8.